The van der Waals surface area contributed by atoms with Crippen LogP contribution >= 0.6 is 0 Å². The van der Waals surface area contributed by atoms with E-state index >= 15 is 0 Å². The van der Waals surface area contributed by atoms with Crippen LogP contribution < -0.4 is 5.32 Å². The zero-order valence-electron chi connectivity index (χ0n) is 25.8. The summed E-state index contributed by atoms with van der Waals surface area (Å²) in [6.45, 7) is 8.04. The van der Waals surface area contributed by atoms with Gasteiger partial charge in [-0.15, -0.1) is 0 Å². The van der Waals surface area contributed by atoms with E-state index in [4.69, 9.17) is 0 Å². The van der Waals surface area contributed by atoms with Gasteiger partial charge in [-0.25, -0.2) is 9.97 Å². The van der Waals surface area contributed by atoms with Gasteiger partial charge in [0.15, 0.2) is 5.78 Å². The summed E-state index contributed by atoms with van der Waals surface area (Å²) >= 11 is 0. The Hall–Kier alpha value is -4.40. The highest BCUT2D eigenvalue weighted by Gasteiger charge is 2.64. The smallest absolute Gasteiger partial charge is 0.245 e. The summed E-state index contributed by atoms with van der Waals surface area (Å²) in [4.78, 5) is 50.7. The van der Waals surface area contributed by atoms with Crippen molar-refractivity contribution in [1.29, 1.82) is 0 Å². The third-order valence-corrected chi connectivity index (χ3v) is 10.0. The Labute approximate surface area is 257 Å². The van der Waals surface area contributed by atoms with E-state index in [-0.39, 0.29) is 35.6 Å². The molecule has 0 spiro atoms. The lowest BCUT2D eigenvalue weighted by Gasteiger charge is -2.29. The van der Waals surface area contributed by atoms with Gasteiger partial charge < -0.3 is 10.2 Å². The van der Waals surface area contributed by atoms with Gasteiger partial charge in [-0.1, -0.05) is 31.2 Å². The minimum Gasteiger partial charge on any atom is -0.354 e. The molecule has 4 atom stereocenters. The molecule has 1 aliphatic heterocycles. The number of aryl methyl sites for hydroxylation is 3. The number of carbonyl (C=O) groups is 3. The first-order valence-corrected chi connectivity index (χ1v) is 15.6. The number of aromatic nitrogens is 4. The van der Waals surface area contributed by atoms with Crippen molar-refractivity contribution in [2.24, 2.45) is 11.3 Å². The van der Waals surface area contributed by atoms with Gasteiger partial charge in [0, 0.05) is 42.9 Å². The van der Waals surface area contributed by atoms with E-state index in [0.29, 0.717) is 35.8 Å². The molecule has 9 nitrogen and oxygen atoms in total. The molecule has 9 heteroatoms. The molecule has 0 radical (unpaired) electrons. The molecule has 1 N–H and O–H groups in total. The molecule has 0 bridgehead atoms. The van der Waals surface area contributed by atoms with Crippen molar-refractivity contribution in [3.05, 3.63) is 77.0 Å². The number of rotatable bonds is 7. The molecular weight excluding hydrogens is 552 g/mol. The number of hydrogen-bond acceptors (Lipinski definition) is 6. The van der Waals surface area contributed by atoms with Crippen LogP contribution in [0.1, 0.15) is 66.1 Å². The van der Waals surface area contributed by atoms with Crippen molar-refractivity contribution in [2.75, 3.05) is 6.54 Å². The Bertz CT molecular complexity index is 1810. The van der Waals surface area contributed by atoms with E-state index in [1.807, 2.05) is 26.0 Å². The first kappa shape index (κ1) is 28.4. The van der Waals surface area contributed by atoms with Gasteiger partial charge in [0.1, 0.15) is 24.1 Å². The fraction of sp³-hybridized carbons (Fsp3) is 0.429. The van der Waals surface area contributed by atoms with E-state index < -0.39 is 6.04 Å². The van der Waals surface area contributed by atoms with Crippen molar-refractivity contribution in [3.8, 4) is 11.1 Å². The molecule has 1 saturated heterocycles. The Balaban J connectivity index is 1.11. The zero-order valence-corrected chi connectivity index (χ0v) is 25.8. The lowest BCUT2D eigenvalue weighted by atomic mass is 9.84. The molecule has 2 amide bonds. The number of hydrogen-bond donors (Lipinski definition) is 1. The van der Waals surface area contributed by atoms with Crippen LogP contribution in [0.5, 0.6) is 0 Å². The average molecular weight is 591 g/mol. The molecule has 3 aliphatic rings. The van der Waals surface area contributed by atoms with Crippen molar-refractivity contribution >= 4 is 28.5 Å². The van der Waals surface area contributed by atoms with Crippen LogP contribution in [0.25, 0.3) is 22.0 Å². The minimum absolute atomic E-state index is 0.0287. The van der Waals surface area contributed by atoms with Crippen LogP contribution in [0.3, 0.4) is 0 Å². The van der Waals surface area contributed by atoms with Gasteiger partial charge in [-0.3, -0.25) is 19.1 Å². The van der Waals surface area contributed by atoms with Crippen molar-refractivity contribution in [2.45, 2.75) is 78.4 Å². The van der Waals surface area contributed by atoms with Gasteiger partial charge in [-0.2, -0.15) is 5.10 Å². The van der Waals surface area contributed by atoms with Crippen LogP contribution in [0.2, 0.25) is 0 Å². The largest absolute Gasteiger partial charge is 0.354 e. The first-order valence-electron chi connectivity index (χ1n) is 15.6. The monoisotopic (exact) mass is 590 g/mol. The van der Waals surface area contributed by atoms with Gasteiger partial charge >= 0.3 is 0 Å². The van der Waals surface area contributed by atoms with Crippen LogP contribution in [0, 0.1) is 25.2 Å². The number of fused-ring (bicyclic) bond motifs is 3. The minimum atomic E-state index is -0.495. The second-order valence-corrected chi connectivity index (χ2v) is 13.3. The number of Topliss-reactive ketones (excluding diaryl/α,β-unsaturated/α-hetero) is 1. The highest BCUT2D eigenvalue weighted by atomic mass is 16.2. The highest BCUT2D eigenvalue weighted by molar-refractivity contribution is 6.07. The lowest BCUT2D eigenvalue weighted by molar-refractivity contribution is -0.140. The molecule has 2 aromatic carbocycles. The molecule has 3 heterocycles. The van der Waals surface area contributed by atoms with Crippen LogP contribution in [0.4, 0.5) is 0 Å². The summed E-state index contributed by atoms with van der Waals surface area (Å²) in [5, 5.41) is 8.54. The van der Waals surface area contributed by atoms with E-state index in [2.05, 4.69) is 51.6 Å². The number of piperidine rings is 1. The molecule has 7 rings (SSSR count). The summed E-state index contributed by atoms with van der Waals surface area (Å²) in [6.07, 6.45) is 8.15. The summed E-state index contributed by atoms with van der Waals surface area (Å²) < 4.78 is 1.64. The van der Waals surface area contributed by atoms with Crippen LogP contribution in [-0.2, 0) is 29.0 Å². The number of carbonyl (C=O) groups excluding carboxylic acids is 3. The van der Waals surface area contributed by atoms with Crippen molar-refractivity contribution in [1.82, 2.24) is 30.0 Å². The molecule has 44 heavy (non-hydrogen) atoms. The summed E-state index contributed by atoms with van der Waals surface area (Å²) in [5.41, 5.74) is 6.44. The predicted octanol–water partition coefficient (Wildman–Crippen LogP) is 4.61. The molecule has 2 aromatic heterocycles. The molecule has 1 unspecified atom stereocenters. The Kier molecular flexibility index (Phi) is 6.86. The fourth-order valence-electron chi connectivity index (χ4n) is 7.49. The molecule has 226 valence electrons. The van der Waals surface area contributed by atoms with Crippen LogP contribution in [-0.4, -0.2) is 60.9 Å². The average Bonchev–Trinajstić information content (AvgIpc) is 3.36. The number of ketones is 1. The lowest BCUT2D eigenvalue weighted by Crippen LogP contribution is -2.49. The molecular formula is C35H38N6O3. The van der Waals surface area contributed by atoms with Crippen LogP contribution in [0.15, 0.2) is 48.8 Å². The second-order valence-electron chi connectivity index (χ2n) is 13.3. The molecule has 2 fully saturated rings. The molecule has 1 saturated carbocycles. The van der Waals surface area contributed by atoms with Crippen molar-refractivity contribution < 1.29 is 14.4 Å². The summed E-state index contributed by atoms with van der Waals surface area (Å²) in [6, 6.07) is 12.0. The van der Waals surface area contributed by atoms with E-state index in [1.165, 1.54) is 18.1 Å². The number of amides is 2. The summed E-state index contributed by atoms with van der Waals surface area (Å²) in [7, 11) is 0. The standard InChI is InChI=1S/C35H38N6O3/c1-20-11-26(27-17-36-22(3)37-18-27)13-28-32(21(2)42)39-40(33(20)28)19-31(43)41-29(14-35(4)15-30(35)41)34(44)38-16-23-9-10-24-7-5-6-8-25(24)12-23/h5-8,11,13,17-18,23,29-30H,9-10,12,14-16,19H2,1-4H3,(H,38,44)/t23?,29-,30+,35-/m0/s1. The third kappa shape index (κ3) is 4.98. The Morgan fingerprint density at radius 3 is 2.52 bits per heavy atom. The van der Waals surface area contributed by atoms with E-state index in [9.17, 15) is 14.4 Å². The molecule has 2 aliphatic carbocycles. The van der Waals surface area contributed by atoms with E-state index in [0.717, 1.165) is 47.9 Å². The number of nitrogens with one attached hydrogen (secondary N) is 1. The van der Waals surface area contributed by atoms with Crippen molar-refractivity contribution in [3.63, 3.8) is 0 Å². The number of nitrogens with zero attached hydrogens (tertiary/aromatic N) is 5. The van der Waals surface area contributed by atoms with Gasteiger partial charge in [-0.05, 0) is 91.7 Å². The maximum Gasteiger partial charge on any atom is 0.245 e. The number of benzene rings is 2. The first-order chi connectivity index (χ1) is 21.1. The Morgan fingerprint density at radius 1 is 1.02 bits per heavy atom. The van der Waals surface area contributed by atoms with Gasteiger partial charge in [0.05, 0.1) is 5.52 Å². The highest BCUT2D eigenvalue weighted by Crippen LogP contribution is 2.59. The zero-order chi connectivity index (χ0) is 30.7. The summed E-state index contributed by atoms with van der Waals surface area (Å²) in [5.74, 6) is 0.697. The maximum absolute atomic E-state index is 14.0. The van der Waals surface area contributed by atoms with Gasteiger partial charge in [0.2, 0.25) is 11.8 Å². The second kappa shape index (κ2) is 10.6. The van der Waals surface area contributed by atoms with E-state index in [1.54, 1.807) is 22.0 Å². The van der Waals surface area contributed by atoms with Gasteiger partial charge in [0.25, 0.3) is 0 Å². The normalized spacial score (nSPS) is 23.7. The topological polar surface area (TPSA) is 110 Å². The quantitative estimate of drug-likeness (QED) is 0.315. The SMILES string of the molecule is CC(=O)c1nn(CC(=O)N2[C@H](C(=O)NCC3CCc4ccccc4C3)C[C@@]3(C)C[C@@H]23)c2c(C)cc(-c3cnc(C)nc3)cc12. The Morgan fingerprint density at radius 2 is 1.77 bits per heavy atom. The maximum atomic E-state index is 14.0. The fourth-order valence-corrected chi connectivity index (χ4v) is 7.49. The predicted molar refractivity (Wildman–Crippen MR) is 167 cm³/mol. The molecule has 4 aromatic rings. The third-order valence-electron chi connectivity index (χ3n) is 10.0. The number of likely N-dealkylation sites (tertiary alicyclic amines) is 1.